The minimum absolute atomic E-state index is 0.231. The van der Waals surface area contributed by atoms with Gasteiger partial charge in [-0.05, 0) is 61.5 Å². The molecule has 28 heavy (non-hydrogen) atoms. The summed E-state index contributed by atoms with van der Waals surface area (Å²) in [5.41, 5.74) is 2.44. The second kappa shape index (κ2) is 8.79. The van der Waals surface area contributed by atoms with Gasteiger partial charge in [-0.3, -0.25) is 4.79 Å². The molecular weight excluding hydrogens is 378 g/mol. The molecule has 0 aliphatic rings. The number of aryl methyl sites for hydroxylation is 1. The molecule has 8 heteroatoms. The van der Waals surface area contributed by atoms with Crippen molar-refractivity contribution in [2.45, 2.75) is 31.0 Å². The smallest absolute Gasteiger partial charge is 0.298 e. The van der Waals surface area contributed by atoms with Crippen LogP contribution < -0.4 is 19.8 Å². The second-order valence-electron chi connectivity index (χ2n) is 6.12. The van der Waals surface area contributed by atoms with Gasteiger partial charge in [0.2, 0.25) is 11.6 Å². The summed E-state index contributed by atoms with van der Waals surface area (Å²) in [6, 6.07) is 14.6. The highest BCUT2D eigenvalue weighted by Gasteiger charge is 2.26. The zero-order valence-corrected chi connectivity index (χ0v) is 16.7. The molecule has 3 aromatic rings. The lowest BCUT2D eigenvalue weighted by Gasteiger charge is -2.11. The van der Waals surface area contributed by atoms with Gasteiger partial charge in [0.1, 0.15) is 5.75 Å². The van der Waals surface area contributed by atoms with Crippen molar-refractivity contribution in [2.24, 2.45) is 0 Å². The van der Waals surface area contributed by atoms with E-state index in [1.165, 1.54) is 4.68 Å². The number of nitrogens with one attached hydrogen (secondary N) is 1. The molecule has 0 aliphatic heterocycles. The Labute approximate surface area is 167 Å². The van der Waals surface area contributed by atoms with Crippen LogP contribution in [0.25, 0.3) is 5.69 Å². The molecule has 0 fully saturated rings. The van der Waals surface area contributed by atoms with Crippen molar-refractivity contribution in [1.29, 1.82) is 0 Å². The molecule has 1 heterocycles. The van der Waals surface area contributed by atoms with E-state index in [1.54, 1.807) is 31.2 Å². The molecule has 0 aliphatic carbocycles. The first-order valence-corrected chi connectivity index (χ1v) is 9.72. The fourth-order valence-corrected chi connectivity index (χ4v) is 3.33. The van der Waals surface area contributed by atoms with E-state index in [2.05, 4.69) is 10.6 Å². The van der Waals surface area contributed by atoms with Gasteiger partial charge in [0.05, 0.1) is 17.1 Å². The van der Waals surface area contributed by atoms with E-state index in [1.807, 2.05) is 38.1 Å². The van der Waals surface area contributed by atoms with Gasteiger partial charge in [-0.25, -0.2) is 0 Å². The summed E-state index contributed by atoms with van der Waals surface area (Å²) in [7, 11) is 0. The lowest BCUT2D eigenvalue weighted by molar-refractivity contribution is -0.705. The number of nitrogens with zero attached hydrogens (tertiary/aromatic N) is 2. The molecule has 0 saturated carbocycles. The van der Waals surface area contributed by atoms with Crippen LogP contribution in [0.4, 0.5) is 5.69 Å². The SMILES string of the molecule is CCOc1ccc(NC(=O)C(C)Sc2c([O-])on[n+]2-c2ccc(C)cc2)cc1. The van der Waals surface area contributed by atoms with Crippen molar-refractivity contribution >= 4 is 23.4 Å². The number of anilines is 1. The minimum Gasteiger partial charge on any atom is -0.538 e. The summed E-state index contributed by atoms with van der Waals surface area (Å²) in [5.74, 6) is -0.0703. The van der Waals surface area contributed by atoms with Crippen molar-refractivity contribution in [3.8, 4) is 17.4 Å². The van der Waals surface area contributed by atoms with E-state index >= 15 is 0 Å². The second-order valence-corrected chi connectivity index (χ2v) is 7.45. The van der Waals surface area contributed by atoms with Gasteiger partial charge in [0.15, 0.2) is 5.95 Å². The summed E-state index contributed by atoms with van der Waals surface area (Å²) in [6.07, 6.45) is 0. The molecule has 2 aromatic carbocycles. The van der Waals surface area contributed by atoms with Crippen LogP contribution in [0, 0.1) is 6.92 Å². The number of aromatic nitrogens is 2. The summed E-state index contributed by atoms with van der Waals surface area (Å²) < 4.78 is 11.6. The monoisotopic (exact) mass is 399 g/mol. The van der Waals surface area contributed by atoms with Crippen molar-refractivity contribution in [2.75, 3.05) is 11.9 Å². The van der Waals surface area contributed by atoms with Crippen molar-refractivity contribution in [1.82, 2.24) is 5.27 Å². The molecule has 0 spiro atoms. The molecule has 3 rings (SSSR count). The number of hydrogen-bond acceptors (Lipinski definition) is 6. The third-order valence-electron chi connectivity index (χ3n) is 3.94. The van der Waals surface area contributed by atoms with Gasteiger partial charge in [0.25, 0.3) is 5.03 Å². The number of rotatable bonds is 7. The topological polar surface area (TPSA) is 91.3 Å². The quantitative estimate of drug-likeness (QED) is 0.485. The highest BCUT2D eigenvalue weighted by molar-refractivity contribution is 8.00. The average molecular weight is 399 g/mol. The number of amides is 1. The maximum Gasteiger partial charge on any atom is 0.298 e. The lowest BCUT2D eigenvalue weighted by atomic mass is 10.2. The van der Waals surface area contributed by atoms with Crippen LogP contribution in [0.2, 0.25) is 0 Å². The van der Waals surface area contributed by atoms with Gasteiger partial charge >= 0.3 is 0 Å². The molecule has 0 radical (unpaired) electrons. The Kier molecular flexibility index (Phi) is 6.20. The first kappa shape index (κ1) is 19.8. The number of carbonyl (C=O) groups is 1. The van der Waals surface area contributed by atoms with Crippen LogP contribution in [-0.2, 0) is 4.79 Å². The van der Waals surface area contributed by atoms with E-state index in [0.717, 1.165) is 23.1 Å². The van der Waals surface area contributed by atoms with Gasteiger partial charge in [-0.2, -0.15) is 0 Å². The third-order valence-corrected chi connectivity index (χ3v) is 5.07. The number of hydrogen-bond donors (Lipinski definition) is 1. The van der Waals surface area contributed by atoms with Crippen LogP contribution in [-0.4, -0.2) is 23.0 Å². The Balaban J connectivity index is 1.70. The van der Waals surface area contributed by atoms with Gasteiger partial charge in [0, 0.05) is 17.8 Å². The predicted octanol–water partition coefficient (Wildman–Crippen LogP) is 2.85. The highest BCUT2D eigenvalue weighted by atomic mass is 32.2. The molecule has 1 aromatic heterocycles. The third kappa shape index (κ3) is 4.64. The zero-order valence-electron chi connectivity index (χ0n) is 15.8. The van der Waals surface area contributed by atoms with E-state index in [0.29, 0.717) is 18.0 Å². The minimum atomic E-state index is -0.578. The van der Waals surface area contributed by atoms with E-state index < -0.39 is 11.2 Å². The summed E-state index contributed by atoms with van der Waals surface area (Å²) >= 11 is 1.10. The van der Waals surface area contributed by atoms with Crippen molar-refractivity contribution in [3.63, 3.8) is 0 Å². The molecule has 1 atom stereocenters. The average Bonchev–Trinajstić information content (AvgIpc) is 3.04. The van der Waals surface area contributed by atoms with Gasteiger partial charge in [-0.1, -0.05) is 17.7 Å². The Hall–Kier alpha value is -3.00. The molecular formula is C20H21N3O4S. The maximum absolute atomic E-state index is 12.5. The van der Waals surface area contributed by atoms with Crippen LogP contribution in [0.1, 0.15) is 19.4 Å². The molecule has 0 bridgehead atoms. The summed E-state index contributed by atoms with van der Waals surface area (Å²) in [6.45, 7) is 6.18. The normalized spacial score (nSPS) is 11.8. The largest absolute Gasteiger partial charge is 0.538 e. The van der Waals surface area contributed by atoms with Gasteiger partial charge < -0.3 is 19.7 Å². The Morgan fingerprint density at radius 3 is 2.57 bits per heavy atom. The van der Waals surface area contributed by atoms with Crippen LogP contribution in [0.3, 0.4) is 0 Å². The van der Waals surface area contributed by atoms with E-state index in [-0.39, 0.29) is 10.9 Å². The number of ether oxygens (including phenoxy) is 1. The Morgan fingerprint density at radius 1 is 1.25 bits per heavy atom. The summed E-state index contributed by atoms with van der Waals surface area (Å²) in [4.78, 5) is 12.5. The lowest BCUT2D eigenvalue weighted by Crippen LogP contribution is -2.36. The van der Waals surface area contributed by atoms with Crippen LogP contribution in [0.15, 0.2) is 58.1 Å². The highest BCUT2D eigenvalue weighted by Crippen LogP contribution is 2.28. The number of benzene rings is 2. The van der Waals surface area contributed by atoms with Gasteiger partial charge in [-0.15, -0.1) is 0 Å². The Morgan fingerprint density at radius 2 is 1.93 bits per heavy atom. The number of thioether (sulfide) groups is 1. The Bertz CT molecular complexity index is 939. The van der Waals surface area contributed by atoms with Crippen molar-refractivity contribution in [3.05, 3.63) is 54.1 Å². The first-order valence-electron chi connectivity index (χ1n) is 8.84. The predicted molar refractivity (Wildman–Crippen MR) is 104 cm³/mol. The van der Waals surface area contributed by atoms with E-state index in [9.17, 15) is 9.90 Å². The van der Waals surface area contributed by atoms with E-state index in [4.69, 9.17) is 9.26 Å². The standard InChI is InChI=1S/C20H21N3O4S/c1-4-26-17-11-7-15(8-12-17)21-18(24)14(3)28-19-20(25)27-22-23(19)16-9-5-13(2)6-10-16/h5-12,14H,4H2,1-3H3,(H-,21,22,24,25). The molecule has 1 amide bonds. The molecule has 1 N–H and O–H groups in total. The van der Waals surface area contributed by atoms with Crippen molar-refractivity contribution < 1.29 is 23.8 Å². The molecule has 146 valence electrons. The summed E-state index contributed by atoms with van der Waals surface area (Å²) in [5, 5.41) is 18.4. The molecule has 7 nitrogen and oxygen atoms in total. The first-order chi connectivity index (χ1) is 13.5. The number of carbonyl (C=O) groups excluding carboxylic acids is 1. The van der Waals surface area contributed by atoms with Crippen LogP contribution in [0.5, 0.6) is 11.7 Å². The fraction of sp³-hybridized carbons (Fsp3) is 0.250. The molecule has 0 saturated heterocycles. The fourth-order valence-electron chi connectivity index (χ4n) is 2.45. The maximum atomic E-state index is 12.5. The zero-order chi connectivity index (χ0) is 20.1. The van der Waals surface area contributed by atoms with Crippen LogP contribution >= 0.6 is 11.8 Å². The molecule has 1 unspecified atom stereocenters.